The second-order valence-corrected chi connectivity index (χ2v) is 4.60. The Balaban J connectivity index is 2.26. The summed E-state index contributed by atoms with van der Waals surface area (Å²) in [6.45, 7) is 0.219. The van der Waals surface area contributed by atoms with Crippen molar-refractivity contribution in [3.63, 3.8) is 0 Å². The molecule has 0 aliphatic carbocycles. The van der Waals surface area contributed by atoms with Gasteiger partial charge in [0.05, 0.1) is 22.0 Å². The van der Waals surface area contributed by atoms with Crippen LogP contribution in [0, 0.1) is 0 Å². The first-order valence-corrected chi connectivity index (χ1v) is 6.38. The zero-order valence-electron chi connectivity index (χ0n) is 10.8. The van der Waals surface area contributed by atoms with E-state index in [1.807, 2.05) is 0 Å². The average Bonchev–Trinajstić information content (AvgIpc) is 2.49. The van der Waals surface area contributed by atoms with Gasteiger partial charge in [0.15, 0.2) is 0 Å². The largest absolute Gasteiger partial charge is 0.478 e. The van der Waals surface area contributed by atoms with Crippen LogP contribution in [0.3, 0.4) is 0 Å². The van der Waals surface area contributed by atoms with Crippen molar-refractivity contribution in [2.24, 2.45) is 5.73 Å². The van der Waals surface area contributed by atoms with E-state index in [4.69, 9.17) is 22.4 Å². The molecule has 0 saturated heterocycles. The molecule has 0 radical (unpaired) electrons. The van der Waals surface area contributed by atoms with Crippen molar-refractivity contribution in [2.45, 2.75) is 6.54 Å². The summed E-state index contributed by atoms with van der Waals surface area (Å²) in [5, 5.41) is 11.8. The van der Waals surface area contributed by atoms with Crippen molar-refractivity contribution >= 4 is 29.2 Å². The molecule has 0 fully saturated rings. The molecule has 0 spiro atoms. The number of rotatable bonds is 4. The van der Waals surface area contributed by atoms with Gasteiger partial charge in [0.1, 0.15) is 0 Å². The zero-order chi connectivity index (χ0) is 15.4. The number of nitrogens with zero attached hydrogens (tertiary/aromatic N) is 1. The van der Waals surface area contributed by atoms with E-state index in [-0.39, 0.29) is 22.8 Å². The Morgan fingerprint density at radius 2 is 2.00 bits per heavy atom. The molecule has 21 heavy (non-hydrogen) atoms. The van der Waals surface area contributed by atoms with Gasteiger partial charge in [-0.3, -0.25) is 9.78 Å². The van der Waals surface area contributed by atoms with Crippen LogP contribution in [0.5, 0.6) is 0 Å². The monoisotopic (exact) mass is 305 g/mol. The average molecular weight is 306 g/mol. The highest BCUT2D eigenvalue weighted by Crippen LogP contribution is 2.23. The lowest BCUT2D eigenvalue weighted by atomic mass is 10.1. The van der Waals surface area contributed by atoms with Gasteiger partial charge in [-0.05, 0) is 30.3 Å². The quantitative estimate of drug-likeness (QED) is 0.802. The highest BCUT2D eigenvalue weighted by molar-refractivity contribution is 6.34. The Bertz CT molecular complexity index is 704. The predicted molar refractivity (Wildman–Crippen MR) is 78.5 cm³/mol. The number of amides is 1. The standard InChI is InChI=1S/C14H12ClN3O3/c15-11-2-1-9(14(20)21)6-12(11)18-13(19)8-3-4-17-10(5-8)7-16/h1-6H,7,16H2,(H,18,19)(H,20,21). The number of benzene rings is 1. The highest BCUT2D eigenvalue weighted by atomic mass is 35.5. The SMILES string of the molecule is NCc1cc(C(=O)Nc2cc(C(=O)O)ccc2Cl)ccn1. The first-order chi connectivity index (χ1) is 10.0. The number of aromatic nitrogens is 1. The van der Waals surface area contributed by atoms with E-state index in [0.29, 0.717) is 11.3 Å². The van der Waals surface area contributed by atoms with Crippen LogP contribution in [0.2, 0.25) is 5.02 Å². The van der Waals surface area contributed by atoms with Gasteiger partial charge in [-0.15, -0.1) is 0 Å². The zero-order valence-corrected chi connectivity index (χ0v) is 11.6. The van der Waals surface area contributed by atoms with E-state index in [2.05, 4.69) is 10.3 Å². The molecule has 1 heterocycles. The van der Waals surface area contributed by atoms with Crippen molar-refractivity contribution in [3.05, 3.63) is 58.4 Å². The minimum Gasteiger partial charge on any atom is -0.478 e. The third-order valence-electron chi connectivity index (χ3n) is 2.75. The molecule has 4 N–H and O–H groups in total. The van der Waals surface area contributed by atoms with E-state index in [1.165, 1.54) is 30.5 Å². The Hall–Kier alpha value is -2.44. The summed E-state index contributed by atoms with van der Waals surface area (Å²) in [5.41, 5.74) is 6.67. The molecule has 0 bridgehead atoms. The summed E-state index contributed by atoms with van der Waals surface area (Å²) in [4.78, 5) is 27.0. The number of halogens is 1. The molecule has 1 aromatic carbocycles. The van der Waals surface area contributed by atoms with E-state index in [9.17, 15) is 9.59 Å². The summed E-state index contributed by atoms with van der Waals surface area (Å²) in [5.74, 6) is -1.52. The normalized spacial score (nSPS) is 10.2. The maximum absolute atomic E-state index is 12.1. The van der Waals surface area contributed by atoms with E-state index in [1.54, 1.807) is 6.07 Å². The van der Waals surface area contributed by atoms with Gasteiger partial charge in [-0.1, -0.05) is 11.6 Å². The lowest BCUT2D eigenvalue weighted by Crippen LogP contribution is -2.14. The number of carboxylic acids is 1. The first-order valence-electron chi connectivity index (χ1n) is 6.00. The molecule has 0 atom stereocenters. The Morgan fingerprint density at radius 3 is 2.67 bits per heavy atom. The number of hydrogen-bond donors (Lipinski definition) is 3. The van der Waals surface area contributed by atoms with Gasteiger partial charge in [0.25, 0.3) is 5.91 Å². The van der Waals surface area contributed by atoms with Crippen LogP contribution in [-0.2, 0) is 6.54 Å². The molecule has 6 nitrogen and oxygen atoms in total. The molecule has 108 valence electrons. The molecule has 2 aromatic rings. The van der Waals surface area contributed by atoms with Crippen molar-refractivity contribution in [1.29, 1.82) is 0 Å². The molecule has 0 unspecified atom stereocenters. The summed E-state index contributed by atoms with van der Waals surface area (Å²) in [7, 11) is 0. The number of hydrogen-bond acceptors (Lipinski definition) is 4. The van der Waals surface area contributed by atoms with Crippen LogP contribution < -0.4 is 11.1 Å². The van der Waals surface area contributed by atoms with Crippen LogP contribution in [-0.4, -0.2) is 22.0 Å². The maximum Gasteiger partial charge on any atom is 0.335 e. The van der Waals surface area contributed by atoms with Gasteiger partial charge in [-0.2, -0.15) is 0 Å². The number of carboxylic acid groups (broad SMARTS) is 1. The Labute approximate surface area is 125 Å². The molecular formula is C14H12ClN3O3. The number of aromatic carboxylic acids is 1. The molecule has 0 saturated carbocycles. The fourth-order valence-electron chi connectivity index (χ4n) is 1.68. The summed E-state index contributed by atoms with van der Waals surface area (Å²) in [6, 6.07) is 7.17. The van der Waals surface area contributed by atoms with E-state index < -0.39 is 11.9 Å². The van der Waals surface area contributed by atoms with Crippen LogP contribution in [0.1, 0.15) is 26.4 Å². The summed E-state index contributed by atoms with van der Waals surface area (Å²) >= 11 is 5.95. The van der Waals surface area contributed by atoms with Crippen molar-refractivity contribution in [2.75, 3.05) is 5.32 Å². The molecular weight excluding hydrogens is 294 g/mol. The summed E-state index contributed by atoms with van der Waals surface area (Å²) in [6.07, 6.45) is 1.48. The second-order valence-electron chi connectivity index (χ2n) is 4.19. The molecule has 1 amide bonds. The van der Waals surface area contributed by atoms with Crippen LogP contribution in [0.4, 0.5) is 5.69 Å². The maximum atomic E-state index is 12.1. The molecule has 7 heteroatoms. The van der Waals surface area contributed by atoms with Gasteiger partial charge in [-0.25, -0.2) is 4.79 Å². The third-order valence-corrected chi connectivity index (χ3v) is 3.08. The minimum atomic E-state index is -1.10. The topological polar surface area (TPSA) is 105 Å². The van der Waals surface area contributed by atoms with Gasteiger partial charge in [0.2, 0.25) is 0 Å². The number of pyridine rings is 1. The Kier molecular flexibility index (Phi) is 4.52. The Morgan fingerprint density at radius 1 is 1.24 bits per heavy atom. The summed E-state index contributed by atoms with van der Waals surface area (Å²) < 4.78 is 0. The van der Waals surface area contributed by atoms with Gasteiger partial charge in [0, 0.05) is 18.3 Å². The van der Waals surface area contributed by atoms with Crippen LogP contribution >= 0.6 is 11.6 Å². The number of anilines is 1. The fraction of sp³-hybridized carbons (Fsp3) is 0.0714. The number of nitrogens with two attached hydrogens (primary N) is 1. The van der Waals surface area contributed by atoms with Gasteiger partial charge < -0.3 is 16.2 Å². The van der Waals surface area contributed by atoms with Crippen LogP contribution in [0.15, 0.2) is 36.5 Å². The third kappa shape index (κ3) is 3.56. The molecule has 2 rings (SSSR count). The van der Waals surface area contributed by atoms with Crippen molar-refractivity contribution in [3.8, 4) is 0 Å². The van der Waals surface area contributed by atoms with Gasteiger partial charge >= 0.3 is 5.97 Å². The van der Waals surface area contributed by atoms with E-state index >= 15 is 0 Å². The van der Waals surface area contributed by atoms with Crippen LogP contribution in [0.25, 0.3) is 0 Å². The molecule has 0 aliphatic heterocycles. The fourth-order valence-corrected chi connectivity index (χ4v) is 1.84. The lowest BCUT2D eigenvalue weighted by molar-refractivity contribution is 0.0696. The number of carbonyl (C=O) groups is 2. The predicted octanol–water partition coefficient (Wildman–Crippen LogP) is 2.14. The minimum absolute atomic E-state index is 0.0343. The van der Waals surface area contributed by atoms with E-state index in [0.717, 1.165) is 0 Å². The smallest absolute Gasteiger partial charge is 0.335 e. The molecule has 1 aromatic heterocycles. The highest BCUT2D eigenvalue weighted by Gasteiger charge is 2.12. The number of nitrogens with one attached hydrogen (secondary N) is 1. The first kappa shape index (κ1) is 15.0. The second kappa shape index (κ2) is 6.34. The lowest BCUT2D eigenvalue weighted by Gasteiger charge is -2.08. The number of carbonyl (C=O) groups excluding carboxylic acids is 1. The van der Waals surface area contributed by atoms with Crippen molar-refractivity contribution < 1.29 is 14.7 Å². The molecule has 0 aliphatic rings. The van der Waals surface area contributed by atoms with Crippen molar-refractivity contribution in [1.82, 2.24) is 4.98 Å².